The van der Waals surface area contributed by atoms with Crippen LogP contribution in [0.1, 0.15) is 37.8 Å². The molecule has 4 aromatic rings. The molecule has 1 aliphatic carbocycles. The summed E-state index contributed by atoms with van der Waals surface area (Å²) in [6.07, 6.45) is 3.10. The lowest BCUT2D eigenvalue weighted by Gasteiger charge is -2.18. The van der Waals surface area contributed by atoms with Gasteiger partial charge in [0.2, 0.25) is 11.7 Å². The number of hydrogen-bond acceptors (Lipinski definition) is 5. The molecule has 0 saturated heterocycles. The first kappa shape index (κ1) is 20.8. The van der Waals surface area contributed by atoms with Gasteiger partial charge in [0, 0.05) is 6.54 Å². The Hall–Kier alpha value is -3.13. The van der Waals surface area contributed by atoms with Crippen LogP contribution in [0.4, 0.5) is 0 Å². The van der Waals surface area contributed by atoms with Gasteiger partial charge in [-0.25, -0.2) is 0 Å². The summed E-state index contributed by atoms with van der Waals surface area (Å²) in [5.74, 6) is 1.22. The van der Waals surface area contributed by atoms with Gasteiger partial charge in [-0.1, -0.05) is 61.2 Å². The number of carbonyl (C=O) groups excluding carboxylic acids is 1. The summed E-state index contributed by atoms with van der Waals surface area (Å²) in [5, 5.41) is 13.1. The zero-order valence-electron chi connectivity index (χ0n) is 17.9. The SMILES string of the molecule is CCCn1c(=O)c2ccccc2n2c(SCC(=O)NC(c3ccccc3)C3CC3)nnc12. The highest BCUT2D eigenvalue weighted by Gasteiger charge is 2.33. The van der Waals surface area contributed by atoms with Gasteiger partial charge in [0.1, 0.15) is 0 Å². The number of thioether (sulfide) groups is 1. The van der Waals surface area contributed by atoms with Gasteiger partial charge >= 0.3 is 0 Å². The Morgan fingerprint density at radius 3 is 2.62 bits per heavy atom. The first-order valence-corrected chi connectivity index (χ1v) is 12.0. The minimum atomic E-state index is -0.0632. The van der Waals surface area contributed by atoms with Gasteiger partial charge in [-0.15, -0.1) is 10.2 Å². The largest absolute Gasteiger partial charge is 0.348 e. The molecule has 1 aliphatic rings. The molecule has 1 fully saturated rings. The third kappa shape index (κ3) is 3.90. The fraction of sp³-hybridized carbons (Fsp3) is 0.333. The van der Waals surface area contributed by atoms with E-state index in [4.69, 9.17) is 0 Å². The van der Waals surface area contributed by atoms with Crippen LogP contribution in [0.25, 0.3) is 16.7 Å². The number of carbonyl (C=O) groups is 1. The molecule has 1 saturated carbocycles. The van der Waals surface area contributed by atoms with E-state index in [9.17, 15) is 9.59 Å². The van der Waals surface area contributed by atoms with Gasteiger partial charge in [0.05, 0.1) is 22.7 Å². The monoisotopic (exact) mass is 447 g/mol. The first-order chi connectivity index (χ1) is 15.7. The molecule has 2 aromatic heterocycles. The number of nitrogens with zero attached hydrogens (tertiary/aromatic N) is 4. The number of amides is 1. The average Bonchev–Trinajstić information content (AvgIpc) is 3.58. The quantitative estimate of drug-likeness (QED) is 0.416. The summed E-state index contributed by atoms with van der Waals surface area (Å²) in [6.45, 7) is 2.59. The van der Waals surface area contributed by atoms with E-state index in [1.807, 2.05) is 53.8 Å². The Bertz CT molecular complexity index is 1330. The van der Waals surface area contributed by atoms with Crippen molar-refractivity contribution >= 4 is 34.3 Å². The van der Waals surface area contributed by atoms with E-state index in [-0.39, 0.29) is 23.3 Å². The molecular weight excluding hydrogens is 422 g/mol. The maximum atomic E-state index is 12.9. The minimum Gasteiger partial charge on any atom is -0.348 e. The number of rotatable bonds is 8. The third-order valence-corrected chi connectivity index (χ3v) is 6.76. The Morgan fingerprint density at radius 2 is 1.88 bits per heavy atom. The molecule has 1 N–H and O–H groups in total. The molecule has 1 unspecified atom stereocenters. The second kappa shape index (κ2) is 8.78. The Balaban J connectivity index is 1.41. The summed E-state index contributed by atoms with van der Waals surface area (Å²) in [4.78, 5) is 25.8. The maximum Gasteiger partial charge on any atom is 0.262 e. The zero-order valence-corrected chi connectivity index (χ0v) is 18.7. The fourth-order valence-electron chi connectivity index (χ4n) is 4.16. The van der Waals surface area contributed by atoms with E-state index in [0.717, 1.165) is 30.3 Å². The maximum absolute atomic E-state index is 12.9. The van der Waals surface area contributed by atoms with Crippen molar-refractivity contribution in [1.29, 1.82) is 0 Å². The van der Waals surface area contributed by atoms with Crippen LogP contribution in [-0.4, -0.2) is 30.8 Å². The van der Waals surface area contributed by atoms with E-state index in [0.29, 0.717) is 28.8 Å². The Morgan fingerprint density at radius 1 is 1.12 bits per heavy atom. The standard InChI is InChI=1S/C24H25N5O2S/c1-2-14-28-22(31)18-10-6-7-11-19(18)29-23(28)26-27-24(29)32-15-20(30)25-21(17-12-13-17)16-8-4-3-5-9-16/h3-11,17,21H,2,12-15H2,1H3,(H,25,30). The highest BCUT2D eigenvalue weighted by molar-refractivity contribution is 7.99. The summed E-state index contributed by atoms with van der Waals surface area (Å²) in [6, 6.07) is 17.7. The molecule has 1 amide bonds. The molecule has 0 radical (unpaired) electrons. The van der Waals surface area contributed by atoms with E-state index < -0.39 is 0 Å². The first-order valence-electron chi connectivity index (χ1n) is 11.0. The molecule has 8 heteroatoms. The zero-order chi connectivity index (χ0) is 22.1. The van der Waals surface area contributed by atoms with Crippen molar-refractivity contribution in [3.63, 3.8) is 0 Å². The molecule has 1 atom stereocenters. The van der Waals surface area contributed by atoms with E-state index >= 15 is 0 Å². The molecular formula is C24H25N5O2S. The molecule has 164 valence electrons. The molecule has 0 aliphatic heterocycles. The molecule has 0 spiro atoms. The molecule has 2 aromatic carbocycles. The number of aromatic nitrogens is 4. The smallest absolute Gasteiger partial charge is 0.262 e. The number of fused-ring (bicyclic) bond motifs is 3. The lowest BCUT2D eigenvalue weighted by Crippen LogP contribution is -2.31. The van der Waals surface area contributed by atoms with Gasteiger partial charge < -0.3 is 5.32 Å². The lowest BCUT2D eigenvalue weighted by atomic mass is 10.0. The predicted octanol–water partition coefficient (Wildman–Crippen LogP) is 3.81. The normalized spacial score (nSPS) is 14.7. The second-order valence-corrected chi connectivity index (χ2v) is 9.12. The highest BCUT2D eigenvalue weighted by atomic mass is 32.2. The van der Waals surface area contributed by atoms with Crippen LogP contribution in [0.2, 0.25) is 0 Å². The van der Waals surface area contributed by atoms with Crippen LogP contribution >= 0.6 is 11.8 Å². The van der Waals surface area contributed by atoms with Crippen LogP contribution < -0.4 is 10.9 Å². The number of para-hydroxylation sites is 1. The van der Waals surface area contributed by atoms with Crippen molar-refractivity contribution in [2.45, 2.75) is 43.9 Å². The van der Waals surface area contributed by atoms with Gasteiger partial charge in [-0.2, -0.15) is 0 Å². The molecule has 0 bridgehead atoms. The van der Waals surface area contributed by atoms with Crippen LogP contribution in [0, 0.1) is 5.92 Å². The lowest BCUT2D eigenvalue weighted by molar-refractivity contribution is -0.119. The predicted molar refractivity (Wildman–Crippen MR) is 126 cm³/mol. The number of aryl methyl sites for hydroxylation is 1. The molecule has 32 heavy (non-hydrogen) atoms. The summed E-state index contributed by atoms with van der Waals surface area (Å²) >= 11 is 1.34. The van der Waals surface area contributed by atoms with Gasteiger partial charge in [-0.3, -0.25) is 18.6 Å². The van der Waals surface area contributed by atoms with Crippen LogP contribution in [0.3, 0.4) is 0 Å². The van der Waals surface area contributed by atoms with Crippen molar-refractivity contribution in [2.75, 3.05) is 5.75 Å². The van der Waals surface area contributed by atoms with Crippen molar-refractivity contribution in [1.82, 2.24) is 24.5 Å². The average molecular weight is 448 g/mol. The Kier molecular flexibility index (Phi) is 5.70. The van der Waals surface area contributed by atoms with Gasteiger partial charge in [-0.05, 0) is 42.9 Å². The topological polar surface area (TPSA) is 81.3 Å². The van der Waals surface area contributed by atoms with Crippen molar-refractivity contribution in [2.24, 2.45) is 5.92 Å². The molecule has 7 nitrogen and oxygen atoms in total. The van der Waals surface area contributed by atoms with Crippen LogP contribution in [-0.2, 0) is 11.3 Å². The fourth-order valence-corrected chi connectivity index (χ4v) is 4.91. The van der Waals surface area contributed by atoms with Crippen molar-refractivity contribution < 1.29 is 4.79 Å². The number of hydrogen-bond donors (Lipinski definition) is 1. The van der Waals surface area contributed by atoms with Gasteiger partial charge in [0.15, 0.2) is 5.16 Å². The highest BCUT2D eigenvalue weighted by Crippen LogP contribution is 2.41. The van der Waals surface area contributed by atoms with Gasteiger partial charge in [0.25, 0.3) is 5.56 Å². The van der Waals surface area contributed by atoms with Crippen LogP contribution in [0.5, 0.6) is 0 Å². The number of benzene rings is 2. The summed E-state index contributed by atoms with van der Waals surface area (Å²) < 4.78 is 3.55. The minimum absolute atomic E-state index is 0.0290. The van der Waals surface area contributed by atoms with Crippen LogP contribution in [0.15, 0.2) is 64.5 Å². The van der Waals surface area contributed by atoms with E-state index in [2.05, 4.69) is 27.6 Å². The number of nitrogens with one attached hydrogen (secondary N) is 1. The second-order valence-electron chi connectivity index (χ2n) is 8.17. The molecule has 5 rings (SSSR count). The summed E-state index contributed by atoms with van der Waals surface area (Å²) in [7, 11) is 0. The van der Waals surface area contributed by atoms with Crippen molar-refractivity contribution in [3.8, 4) is 0 Å². The summed E-state index contributed by atoms with van der Waals surface area (Å²) in [5.41, 5.74) is 1.84. The Labute approximate surface area is 189 Å². The van der Waals surface area contributed by atoms with E-state index in [1.165, 1.54) is 11.8 Å². The third-order valence-electron chi connectivity index (χ3n) is 5.83. The van der Waals surface area contributed by atoms with E-state index in [1.54, 1.807) is 4.57 Å². The molecule has 2 heterocycles. The van der Waals surface area contributed by atoms with Crippen molar-refractivity contribution in [3.05, 3.63) is 70.5 Å².